The zero-order valence-electron chi connectivity index (χ0n) is 17.5. The quantitative estimate of drug-likeness (QED) is 0.671. The smallest absolute Gasteiger partial charge is 0.225 e. The molecule has 154 valence electrons. The SMILES string of the molecule is Cc1ccc(CN2CCc3nc(N4CCN(c5ccccn5)CC4)ncc3C2)cc1. The first-order valence-corrected chi connectivity index (χ1v) is 10.8. The number of aryl methyl sites for hydroxylation is 1. The van der Waals surface area contributed by atoms with Crippen LogP contribution in [0.2, 0.25) is 0 Å². The lowest BCUT2D eigenvalue weighted by molar-refractivity contribution is 0.243. The van der Waals surface area contributed by atoms with Crippen LogP contribution in [0.4, 0.5) is 11.8 Å². The van der Waals surface area contributed by atoms with Gasteiger partial charge in [0.1, 0.15) is 5.82 Å². The van der Waals surface area contributed by atoms with Gasteiger partial charge >= 0.3 is 0 Å². The molecule has 0 N–H and O–H groups in total. The third-order valence-corrected chi connectivity index (χ3v) is 6.06. The molecule has 3 aromatic rings. The molecular weight excluding hydrogens is 372 g/mol. The van der Waals surface area contributed by atoms with E-state index in [4.69, 9.17) is 9.97 Å². The predicted molar refractivity (Wildman–Crippen MR) is 120 cm³/mol. The van der Waals surface area contributed by atoms with Gasteiger partial charge in [-0.1, -0.05) is 35.9 Å². The van der Waals surface area contributed by atoms with E-state index in [1.54, 1.807) is 0 Å². The molecule has 2 aliphatic heterocycles. The van der Waals surface area contributed by atoms with Crippen LogP contribution in [-0.4, -0.2) is 52.6 Å². The molecule has 2 aromatic heterocycles. The number of fused-ring (bicyclic) bond motifs is 1. The molecular formula is C24H28N6. The molecule has 1 fully saturated rings. The lowest BCUT2D eigenvalue weighted by Crippen LogP contribution is -2.47. The van der Waals surface area contributed by atoms with Crippen LogP contribution in [0.1, 0.15) is 22.4 Å². The highest BCUT2D eigenvalue weighted by Gasteiger charge is 2.23. The van der Waals surface area contributed by atoms with Crippen molar-refractivity contribution in [1.82, 2.24) is 19.9 Å². The Morgan fingerprint density at radius 2 is 1.67 bits per heavy atom. The summed E-state index contributed by atoms with van der Waals surface area (Å²) in [5.74, 6) is 1.93. The van der Waals surface area contributed by atoms with Gasteiger partial charge in [-0.15, -0.1) is 0 Å². The summed E-state index contributed by atoms with van der Waals surface area (Å²) < 4.78 is 0. The van der Waals surface area contributed by atoms with Gasteiger partial charge in [-0.05, 0) is 24.6 Å². The Balaban J connectivity index is 1.21. The largest absolute Gasteiger partial charge is 0.353 e. The van der Waals surface area contributed by atoms with Gasteiger partial charge in [0.25, 0.3) is 0 Å². The summed E-state index contributed by atoms with van der Waals surface area (Å²) in [5.41, 5.74) is 5.16. The average molecular weight is 401 g/mol. The van der Waals surface area contributed by atoms with E-state index in [1.165, 1.54) is 22.4 Å². The van der Waals surface area contributed by atoms with Crippen molar-refractivity contribution in [2.45, 2.75) is 26.4 Å². The van der Waals surface area contributed by atoms with Gasteiger partial charge in [-0.2, -0.15) is 0 Å². The first-order chi connectivity index (χ1) is 14.7. The standard InChI is InChI=1S/C24H28N6/c1-19-5-7-20(8-6-19)17-28-11-9-22-21(18-28)16-26-24(27-22)30-14-12-29(13-15-30)23-4-2-3-10-25-23/h2-8,10,16H,9,11-15,17-18H2,1H3. The summed E-state index contributed by atoms with van der Waals surface area (Å²) in [6, 6.07) is 14.9. The Bertz CT molecular complexity index is 980. The number of anilines is 2. The van der Waals surface area contributed by atoms with E-state index in [1.807, 2.05) is 24.5 Å². The second-order valence-electron chi connectivity index (χ2n) is 8.25. The maximum Gasteiger partial charge on any atom is 0.225 e. The number of hydrogen-bond donors (Lipinski definition) is 0. The van der Waals surface area contributed by atoms with E-state index >= 15 is 0 Å². The molecule has 30 heavy (non-hydrogen) atoms. The summed E-state index contributed by atoms with van der Waals surface area (Å²) in [4.78, 5) is 21.3. The number of hydrogen-bond acceptors (Lipinski definition) is 6. The van der Waals surface area contributed by atoms with Gasteiger partial charge in [0, 0.05) is 70.2 Å². The van der Waals surface area contributed by atoms with Gasteiger partial charge in [0.15, 0.2) is 0 Å². The van der Waals surface area contributed by atoms with Crippen LogP contribution in [0.15, 0.2) is 54.9 Å². The van der Waals surface area contributed by atoms with Gasteiger partial charge in [-0.3, -0.25) is 4.90 Å². The molecule has 0 amide bonds. The Morgan fingerprint density at radius 1 is 0.867 bits per heavy atom. The van der Waals surface area contributed by atoms with Crippen LogP contribution < -0.4 is 9.80 Å². The number of nitrogens with zero attached hydrogens (tertiary/aromatic N) is 6. The van der Waals surface area contributed by atoms with Crippen molar-refractivity contribution in [2.24, 2.45) is 0 Å². The number of pyridine rings is 1. The minimum absolute atomic E-state index is 0.876. The van der Waals surface area contributed by atoms with Gasteiger partial charge < -0.3 is 9.80 Å². The molecule has 6 heteroatoms. The minimum Gasteiger partial charge on any atom is -0.353 e. The average Bonchev–Trinajstić information content (AvgIpc) is 2.81. The fourth-order valence-corrected chi connectivity index (χ4v) is 4.28. The van der Waals surface area contributed by atoms with Crippen molar-refractivity contribution in [3.8, 4) is 0 Å². The number of piperazine rings is 1. The van der Waals surface area contributed by atoms with Crippen LogP contribution in [0.25, 0.3) is 0 Å². The molecule has 1 aromatic carbocycles. The molecule has 0 unspecified atom stereocenters. The third kappa shape index (κ3) is 4.14. The lowest BCUT2D eigenvalue weighted by atomic mass is 10.1. The molecule has 0 bridgehead atoms. The van der Waals surface area contributed by atoms with Crippen LogP contribution in [0.5, 0.6) is 0 Å². The minimum atomic E-state index is 0.876. The van der Waals surface area contributed by atoms with E-state index in [0.717, 1.165) is 64.0 Å². The molecule has 1 saturated heterocycles. The first kappa shape index (κ1) is 19.0. The highest BCUT2D eigenvalue weighted by molar-refractivity contribution is 5.42. The summed E-state index contributed by atoms with van der Waals surface area (Å²) in [5, 5.41) is 0. The maximum absolute atomic E-state index is 4.94. The van der Waals surface area contributed by atoms with Gasteiger partial charge in [0.2, 0.25) is 5.95 Å². The van der Waals surface area contributed by atoms with Gasteiger partial charge in [0.05, 0.1) is 5.69 Å². The van der Waals surface area contributed by atoms with E-state index in [-0.39, 0.29) is 0 Å². The van der Waals surface area contributed by atoms with Crippen LogP contribution in [0.3, 0.4) is 0 Å². The molecule has 0 radical (unpaired) electrons. The van der Waals surface area contributed by atoms with Crippen molar-refractivity contribution in [1.29, 1.82) is 0 Å². The third-order valence-electron chi connectivity index (χ3n) is 6.06. The number of aromatic nitrogens is 3. The fourth-order valence-electron chi connectivity index (χ4n) is 4.28. The summed E-state index contributed by atoms with van der Waals surface area (Å²) in [6.07, 6.45) is 4.89. The topological polar surface area (TPSA) is 48.4 Å². The Morgan fingerprint density at radius 3 is 2.43 bits per heavy atom. The molecule has 6 nitrogen and oxygen atoms in total. The van der Waals surface area contributed by atoms with Gasteiger partial charge in [-0.25, -0.2) is 15.0 Å². The van der Waals surface area contributed by atoms with Crippen molar-refractivity contribution in [3.63, 3.8) is 0 Å². The summed E-state index contributed by atoms with van der Waals surface area (Å²) >= 11 is 0. The fraction of sp³-hybridized carbons (Fsp3) is 0.375. The monoisotopic (exact) mass is 400 g/mol. The van der Waals surface area contributed by atoms with E-state index in [0.29, 0.717) is 0 Å². The molecule has 0 spiro atoms. The van der Waals surface area contributed by atoms with Crippen molar-refractivity contribution < 1.29 is 0 Å². The van der Waals surface area contributed by atoms with E-state index in [9.17, 15) is 0 Å². The predicted octanol–water partition coefficient (Wildman–Crippen LogP) is 3.06. The van der Waals surface area contributed by atoms with Crippen molar-refractivity contribution in [3.05, 3.63) is 77.2 Å². The van der Waals surface area contributed by atoms with Crippen molar-refractivity contribution in [2.75, 3.05) is 42.5 Å². The lowest BCUT2D eigenvalue weighted by Gasteiger charge is -2.36. The van der Waals surface area contributed by atoms with Crippen LogP contribution in [-0.2, 0) is 19.5 Å². The molecule has 2 aliphatic rings. The Hall–Kier alpha value is -2.99. The Kier molecular flexibility index (Phi) is 5.32. The molecule has 4 heterocycles. The Labute approximate surface area is 178 Å². The zero-order chi connectivity index (χ0) is 20.3. The van der Waals surface area contributed by atoms with E-state index < -0.39 is 0 Å². The first-order valence-electron chi connectivity index (χ1n) is 10.8. The number of benzene rings is 1. The summed E-state index contributed by atoms with van der Waals surface area (Å²) in [6.45, 7) is 8.83. The second-order valence-corrected chi connectivity index (χ2v) is 8.25. The second kappa shape index (κ2) is 8.40. The zero-order valence-corrected chi connectivity index (χ0v) is 17.5. The molecule has 5 rings (SSSR count). The van der Waals surface area contributed by atoms with Crippen LogP contribution in [0, 0.1) is 6.92 Å². The van der Waals surface area contributed by atoms with E-state index in [2.05, 4.69) is 56.9 Å². The summed E-state index contributed by atoms with van der Waals surface area (Å²) in [7, 11) is 0. The molecule has 0 atom stereocenters. The van der Waals surface area contributed by atoms with Crippen molar-refractivity contribution >= 4 is 11.8 Å². The molecule has 0 aliphatic carbocycles. The van der Waals surface area contributed by atoms with Crippen LogP contribution >= 0.6 is 0 Å². The maximum atomic E-state index is 4.94. The highest BCUT2D eigenvalue weighted by Crippen LogP contribution is 2.22. The highest BCUT2D eigenvalue weighted by atomic mass is 15.3. The number of rotatable bonds is 4. The normalized spacial score (nSPS) is 17.1. The molecule has 0 saturated carbocycles.